The van der Waals surface area contributed by atoms with E-state index in [0.717, 1.165) is 55.5 Å². The number of aromatic nitrogens is 1. The monoisotopic (exact) mass is 381 g/mol. The maximum atomic E-state index is 12.8. The first-order valence-electron chi connectivity index (χ1n) is 8.53. The van der Waals surface area contributed by atoms with Crippen LogP contribution in [0, 0.1) is 12.3 Å². The standard InChI is InChI=1S/C19H23N3O.2ClH/c1-14-12-17(21-16-5-3-2-4-15(14)16)18(23)22-10-7-19(8-11-22)6-9-20-13-19;;/h2-5,12,20H,6-11,13H2,1H3;2*1H. The Hall–Kier alpha value is -1.36. The van der Waals surface area contributed by atoms with Gasteiger partial charge in [0.1, 0.15) is 5.69 Å². The smallest absolute Gasteiger partial charge is 0.272 e. The summed E-state index contributed by atoms with van der Waals surface area (Å²) in [4.78, 5) is 19.4. The van der Waals surface area contributed by atoms with Gasteiger partial charge < -0.3 is 10.2 Å². The minimum atomic E-state index is 0. The van der Waals surface area contributed by atoms with Crippen molar-refractivity contribution in [3.05, 3.63) is 41.6 Å². The van der Waals surface area contributed by atoms with Crippen LogP contribution in [0.15, 0.2) is 30.3 Å². The van der Waals surface area contributed by atoms with E-state index in [0.29, 0.717) is 11.1 Å². The zero-order chi connectivity index (χ0) is 15.9. The van der Waals surface area contributed by atoms with Crippen LogP contribution < -0.4 is 5.32 Å². The molecule has 2 saturated heterocycles. The number of halogens is 2. The normalized spacial score (nSPS) is 18.7. The van der Waals surface area contributed by atoms with Crippen LogP contribution >= 0.6 is 24.8 Å². The molecule has 4 nitrogen and oxygen atoms in total. The Kier molecular flexibility index (Phi) is 6.30. The summed E-state index contributed by atoms with van der Waals surface area (Å²) < 4.78 is 0. The molecule has 0 atom stereocenters. The van der Waals surface area contributed by atoms with E-state index < -0.39 is 0 Å². The van der Waals surface area contributed by atoms with Crippen molar-refractivity contribution < 1.29 is 4.79 Å². The summed E-state index contributed by atoms with van der Waals surface area (Å²) in [6.45, 7) is 6.00. The third-order valence-electron chi connectivity index (χ3n) is 5.59. The fourth-order valence-electron chi connectivity index (χ4n) is 4.03. The molecule has 0 bridgehead atoms. The average Bonchev–Trinajstić information content (AvgIpc) is 3.03. The molecule has 1 spiro atoms. The van der Waals surface area contributed by atoms with Crippen LogP contribution in [0.3, 0.4) is 0 Å². The molecule has 2 aromatic rings. The van der Waals surface area contributed by atoms with Gasteiger partial charge in [0.15, 0.2) is 0 Å². The molecule has 3 heterocycles. The topological polar surface area (TPSA) is 45.2 Å². The minimum absolute atomic E-state index is 0. The van der Waals surface area contributed by atoms with Crippen molar-refractivity contribution in [3.8, 4) is 0 Å². The van der Waals surface area contributed by atoms with Crippen molar-refractivity contribution in [3.63, 3.8) is 0 Å². The maximum Gasteiger partial charge on any atom is 0.272 e. The van der Waals surface area contributed by atoms with E-state index in [1.54, 1.807) is 0 Å². The molecule has 2 fully saturated rings. The zero-order valence-electron chi connectivity index (χ0n) is 14.5. The summed E-state index contributed by atoms with van der Waals surface area (Å²) >= 11 is 0. The summed E-state index contributed by atoms with van der Waals surface area (Å²) in [5.74, 6) is 0.0830. The highest BCUT2D eigenvalue weighted by molar-refractivity contribution is 5.96. The lowest BCUT2D eigenvalue weighted by molar-refractivity contribution is 0.0602. The number of hydrogen-bond acceptors (Lipinski definition) is 3. The number of likely N-dealkylation sites (tertiary alicyclic amines) is 1. The Bertz CT molecular complexity index is 749. The van der Waals surface area contributed by atoms with Gasteiger partial charge in [-0.1, -0.05) is 18.2 Å². The van der Waals surface area contributed by atoms with Crippen molar-refractivity contribution in [1.82, 2.24) is 15.2 Å². The first kappa shape index (κ1) is 20.0. The Morgan fingerprint density at radius 3 is 2.56 bits per heavy atom. The summed E-state index contributed by atoms with van der Waals surface area (Å²) in [6, 6.07) is 9.96. The third-order valence-corrected chi connectivity index (χ3v) is 5.59. The maximum absolute atomic E-state index is 12.8. The van der Waals surface area contributed by atoms with Gasteiger partial charge in [-0.2, -0.15) is 0 Å². The van der Waals surface area contributed by atoms with E-state index in [1.807, 2.05) is 29.2 Å². The van der Waals surface area contributed by atoms with E-state index in [2.05, 4.69) is 23.3 Å². The quantitative estimate of drug-likeness (QED) is 0.820. The summed E-state index contributed by atoms with van der Waals surface area (Å²) in [5.41, 5.74) is 3.04. The van der Waals surface area contributed by atoms with E-state index in [-0.39, 0.29) is 30.7 Å². The van der Waals surface area contributed by atoms with Gasteiger partial charge in [0.05, 0.1) is 5.52 Å². The van der Waals surface area contributed by atoms with Gasteiger partial charge in [-0.05, 0) is 55.8 Å². The number of carbonyl (C=O) groups is 1. The van der Waals surface area contributed by atoms with Gasteiger partial charge in [-0.15, -0.1) is 24.8 Å². The molecule has 0 saturated carbocycles. The Morgan fingerprint density at radius 2 is 1.88 bits per heavy atom. The number of nitrogens with one attached hydrogen (secondary N) is 1. The second-order valence-corrected chi connectivity index (χ2v) is 7.06. The molecule has 4 rings (SSSR count). The van der Waals surface area contributed by atoms with Gasteiger partial charge in [-0.3, -0.25) is 4.79 Å². The number of benzene rings is 1. The van der Waals surface area contributed by atoms with Gasteiger partial charge >= 0.3 is 0 Å². The molecule has 25 heavy (non-hydrogen) atoms. The number of amides is 1. The van der Waals surface area contributed by atoms with Crippen LogP contribution in [-0.4, -0.2) is 42.0 Å². The SMILES string of the molecule is Cc1cc(C(=O)N2CCC3(CCNC3)CC2)nc2ccccc12.Cl.Cl. The molecule has 1 amide bonds. The van der Waals surface area contributed by atoms with E-state index >= 15 is 0 Å². The molecule has 1 aromatic carbocycles. The lowest BCUT2D eigenvalue weighted by Crippen LogP contribution is -2.44. The Balaban J connectivity index is 0.00000113. The molecule has 2 aliphatic rings. The van der Waals surface area contributed by atoms with E-state index in [1.165, 1.54) is 6.42 Å². The first-order chi connectivity index (χ1) is 11.2. The largest absolute Gasteiger partial charge is 0.337 e. The van der Waals surface area contributed by atoms with Gasteiger partial charge in [-0.25, -0.2) is 4.98 Å². The highest BCUT2D eigenvalue weighted by atomic mass is 35.5. The van der Waals surface area contributed by atoms with Gasteiger partial charge in [0, 0.05) is 25.0 Å². The number of carbonyl (C=O) groups excluding carboxylic acids is 1. The highest BCUT2D eigenvalue weighted by Gasteiger charge is 2.38. The van der Waals surface area contributed by atoms with Crippen LogP contribution in [0.5, 0.6) is 0 Å². The number of rotatable bonds is 1. The molecule has 1 aromatic heterocycles. The lowest BCUT2D eigenvalue weighted by Gasteiger charge is -2.38. The average molecular weight is 382 g/mol. The van der Waals surface area contributed by atoms with Crippen molar-refractivity contribution in [2.45, 2.75) is 26.2 Å². The van der Waals surface area contributed by atoms with Crippen LogP contribution in [0.25, 0.3) is 10.9 Å². The van der Waals surface area contributed by atoms with Crippen LogP contribution in [0.2, 0.25) is 0 Å². The number of piperidine rings is 1. The van der Waals surface area contributed by atoms with Crippen LogP contribution in [0.4, 0.5) is 0 Å². The fraction of sp³-hybridized carbons (Fsp3) is 0.474. The van der Waals surface area contributed by atoms with Crippen molar-refractivity contribution in [2.24, 2.45) is 5.41 Å². The molecule has 2 aliphatic heterocycles. The number of fused-ring (bicyclic) bond motifs is 1. The molecular weight excluding hydrogens is 357 g/mol. The van der Waals surface area contributed by atoms with Gasteiger partial charge in [0.2, 0.25) is 0 Å². The van der Waals surface area contributed by atoms with Crippen molar-refractivity contribution in [2.75, 3.05) is 26.2 Å². The van der Waals surface area contributed by atoms with E-state index in [9.17, 15) is 4.79 Å². The lowest BCUT2D eigenvalue weighted by atomic mass is 9.78. The molecule has 136 valence electrons. The van der Waals surface area contributed by atoms with Gasteiger partial charge in [0.25, 0.3) is 5.91 Å². The molecule has 0 aliphatic carbocycles. The predicted molar refractivity (Wildman–Crippen MR) is 106 cm³/mol. The fourth-order valence-corrected chi connectivity index (χ4v) is 4.03. The van der Waals surface area contributed by atoms with Crippen LogP contribution in [0.1, 0.15) is 35.3 Å². The molecule has 0 radical (unpaired) electrons. The van der Waals surface area contributed by atoms with Crippen molar-refractivity contribution >= 4 is 41.6 Å². The van der Waals surface area contributed by atoms with Crippen molar-refractivity contribution in [1.29, 1.82) is 0 Å². The third kappa shape index (κ3) is 3.76. The van der Waals surface area contributed by atoms with E-state index in [4.69, 9.17) is 0 Å². The number of para-hydroxylation sites is 1. The summed E-state index contributed by atoms with van der Waals surface area (Å²) in [6.07, 6.45) is 3.47. The predicted octanol–water partition coefficient (Wildman–Crippen LogP) is 3.60. The highest BCUT2D eigenvalue weighted by Crippen LogP contribution is 2.37. The number of nitrogens with zero attached hydrogens (tertiary/aromatic N) is 2. The zero-order valence-corrected chi connectivity index (χ0v) is 16.1. The molecule has 1 N–H and O–H groups in total. The number of pyridine rings is 1. The Morgan fingerprint density at radius 1 is 1.16 bits per heavy atom. The molecular formula is C19H25Cl2N3O. The Labute approximate surface area is 161 Å². The second kappa shape index (κ2) is 7.90. The summed E-state index contributed by atoms with van der Waals surface area (Å²) in [7, 11) is 0. The first-order valence-corrected chi connectivity index (χ1v) is 8.53. The number of hydrogen-bond donors (Lipinski definition) is 1. The molecule has 0 unspecified atom stereocenters. The summed E-state index contributed by atoms with van der Waals surface area (Å²) in [5, 5.41) is 4.59. The second-order valence-electron chi connectivity index (χ2n) is 7.06. The molecule has 6 heteroatoms. The number of aryl methyl sites for hydroxylation is 1. The minimum Gasteiger partial charge on any atom is -0.337 e. The van der Waals surface area contributed by atoms with Crippen LogP contribution in [-0.2, 0) is 0 Å².